The monoisotopic (exact) mass is 195 g/mol. The molecule has 0 amide bonds. The summed E-state index contributed by atoms with van der Waals surface area (Å²) in [4.78, 5) is 0. The van der Waals surface area contributed by atoms with Crippen LogP contribution < -0.4 is 62.1 Å². The molecule has 4 nitrogen and oxygen atoms in total. The van der Waals surface area contributed by atoms with Crippen LogP contribution in [0.4, 0.5) is 0 Å². The molecule has 8 heteroatoms. The number of hydrogen-bond donors (Lipinski definition) is 1. The van der Waals surface area contributed by atoms with E-state index >= 15 is 0 Å². The predicted octanol–water partition coefficient (Wildman–Crippen LogP) is -8.76. The third-order valence-electron chi connectivity index (χ3n) is 0. The maximum Gasteiger partial charge on any atom is 1.00 e. The summed E-state index contributed by atoms with van der Waals surface area (Å²) >= 11 is 0. The van der Waals surface area contributed by atoms with Gasteiger partial charge in [0.05, 0.1) is 10.8 Å². The van der Waals surface area contributed by atoms with Crippen molar-refractivity contribution >= 4 is 12.4 Å². The van der Waals surface area contributed by atoms with E-state index in [0.717, 1.165) is 0 Å². The Balaban J connectivity index is -0.00000000750. The summed E-state index contributed by atoms with van der Waals surface area (Å²) in [5.74, 6) is 0. The first-order valence-electron chi connectivity index (χ1n) is 0.463. The zero-order valence-corrected chi connectivity index (χ0v) is 8.72. The Labute approximate surface area is 84.7 Å². The summed E-state index contributed by atoms with van der Waals surface area (Å²) < 4.78 is 25.2. The van der Waals surface area contributed by atoms with Gasteiger partial charge in [-0.25, -0.2) is 0 Å². The zero-order chi connectivity index (χ0) is 3.58. The minimum atomic E-state index is -2.85. The first-order chi connectivity index (χ1) is 1.73. The molecule has 0 aliphatic carbocycles. The molecule has 0 fully saturated rings. The predicted molar refractivity (Wildman–Crippen MR) is 13.2 cm³/mol. The van der Waals surface area contributed by atoms with Crippen LogP contribution in [-0.2, 0) is 0 Å². The maximum absolute atomic E-state index is 8.41. The average molecular weight is 196 g/mol. The van der Waals surface area contributed by atoms with Gasteiger partial charge in [0.2, 0.25) is 0 Å². The van der Waals surface area contributed by atoms with Crippen LogP contribution in [0.2, 0.25) is 0 Å². The molecule has 0 saturated heterocycles. The van der Waals surface area contributed by atoms with Gasteiger partial charge in [0.15, 0.2) is 0 Å². The fraction of sp³-hybridized carbons (Fsp3) is 0. The number of quaternary nitrogens is 1. The molecule has 0 atom stereocenters. The maximum atomic E-state index is 8.41. The van der Waals surface area contributed by atoms with Crippen molar-refractivity contribution in [2.24, 2.45) is 0 Å². The fourth-order valence-corrected chi connectivity index (χ4v) is 0. The molecule has 0 heterocycles. The van der Waals surface area contributed by atoms with E-state index in [-0.39, 0.29) is 60.5 Å². The second-order valence-electron chi connectivity index (χ2n) is 0.189. The number of rotatable bonds is 0. The van der Waals surface area contributed by atoms with Crippen LogP contribution in [-0.4, -0.2) is 0 Å². The number of hydrogen-bond acceptors (Lipinski definition) is 3. The van der Waals surface area contributed by atoms with Crippen LogP contribution in [0.3, 0.4) is 0 Å². The molecule has 0 radical (unpaired) electrons. The first kappa shape index (κ1) is 33.2. The van der Waals surface area contributed by atoms with Crippen molar-refractivity contribution in [3.05, 3.63) is 0 Å². The minimum Gasteiger partial charge on any atom is -1.00 e. The van der Waals surface area contributed by atoms with E-state index < -0.39 is 10.8 Å². The van der Waals surface area contributed by atoms with Crippen LogP contribution in [0.25, 0.3) is 0 Å². The van der Waals surface area contributed by atoms with Gasteiger partial charge in [-0.05, 0) is 0 Å². The second-order valence-corrected chi connectivity index (χ2v) is 0.567. The van der Waals surface area contributed by atoms with Gasteiger partial charge < -0.3 is 32.5 Å². The molecule has 50 valence electrons. The second kappa shape index (κ2) is 23.3. The third kappa shape index (κ3) is 119. The van der Waals surface area contributed by atoms with Crippen LogP contribution >= 0.6 is 12.4 Å². The van der Waals surface area contributed by atoms with E-state index in [2.05, 4.69) is 0 Å². The molecule has 0 rings (SSSR count). The Hall–Kier alpha value is 1.71. The quantitative estimate of drug-likeness (QED) is 0.389. The molecule has 0 aromatic rings. The van der Waals surface area contributed by atoms with E-state index in [0.29, 0.717) is 0 Å². The molecule has 0 aromatic carbocycles. The van der Waals surface area contributed by atoms with E-state index in [1.807, 2.05) is 0 Å². The van der Waals surface area contributed by atoms with E-state index in [9.17, 15) is 0 Å². The summed E-state index contributed by atoms with van der Waals surface area (Å²) in [7, 11) is -2.85. The van der Waals surface area contributed by atoms with Gasteiger partial charge in [0.25, 0.3) is 0 Å². The summed E-state index contributed by atoms with van der Waals surface area (Å²) in [6.07, 6.45) is 0. The van der Waals surface area contributed by atoms with Gasteiger partial charge >= 0.3 is 29.6 Å². The Kier molecular flexibility index (Phi) is 96.9. The minimum absolute atomic E-state index is 0. The van der Waals surface area contributed by atoms with E-state index in [1.54, 1.807) is 0 Å². The van der Waals surface area contributed by atoms with Crippen molar-refractivity contribution in [2.75, 3.05) is 0 Å². The molecule has 0 aliphatic heterocycles. The summed E-state index contributed by atoms with van der Waals surface area (Å²) in [5.41, 5.74) is 0. The zero-order valence-electron chi connectivity index (χ0n) is 4.39. The molecule has 0 aromatic heterocycles. The molecule has 0 saturated carbocycles. The smallest absolute Gasteiger partial charge is 1.00 e. The topological polar surface area (TPSA) is 106 Å². The van der Waals surface area contributed by atoms with Crippen molar-refractivity contribution in [1.29, 1.82) is 0 Å². The largest absolute Gasteiger partial charge is 1.00 e. The molecule has 8 heavy (non-hydrogen) atoms. The van der Waals surface area contributed by atoms with Crippen molar-refractivity contribution < 1.29 is 66.7 Å². The van der Waals surface area contributed by atoms with Gasteiger partial charge in [-0.15, -0.1) is 12.4 Å². The van der Waals surface area contributed by atoms with Crippen LogP contribution in [0.5, 0.6) is 0 Å². The number of halogens is 3. The van der Waals surface area contributed by atoms with Gasteiger partial charge in [0, 0.05) is 0 Å². The first-order valence-corrected chi connectivity index (χ1v) is 1.39. The SMILES string of the molecule is Cl.[Cl-].[NH4+].[Na+].[O-][Cl+2]([O-])[O-]. The Morgan fingerprint density at radius 3 is 1.00 bits per heavy atom. The van der Waals surface area contributed by atoms with Gasteiger partial charge in [0.1, 0.15) is 0 Å². The van der Waals surface area contributed by atoms with E-state index in [4.69, 9.17) is 14.0 Å². The third-order valence-corrected chi connectivity index (χ3v) is 0. The molecule has 0 aliphatic rings. The Bertz CT molecular complexity index is 19.2. The summed E-state index contributed by atoms with van der Waals surface area (Å²) in [6.45, 7) is 0. The summed E-state index contributed by atoms with van der Waals surface area (Å²) in [5, 5.41) is 0. The Morgan fingerprint density at radius 2 is 1.00 bits per heavy atom. The van der Waals surface area contributed by atoms with Crippen LogP contribution in [0, 0.1) is 10.8 Å². The van der Waals surface area contributed by atoms with E-state index in [1.165, 1.54) is 0 Å². The van der Waals surface area contributed by atoms with Crippen LogP contribution in [0.15, 0.2) is 0 Å². The van der Waals surface area contributed by atoms with Crippen molar-refractivity contribution in [2.45, 2.75) is 0 Å². The van der Waals surface area contributed by atoms with Crippen molar-refractivity contribution in [3.8, 4) is 0 Å². The van der Waals surface area contributed by atoms with Crippen molar-refractivity contribution in [1.82, 2.24) is 6.15 Å². The molecule has 0 spiro atoms. The molecule has 0 unspecified atom stereocenters. The standard InChI is InChI=1S/ClO3.2ClH.H3N.Na/c2-1(3)4;;;;/h;2*1H;1H3;/q-1;;;;+1. The average Bonchev–Trinajstić information content (AvgIpc) is 0.811. The van der Waals surface area contributed by atoms with Crippen molar-refractivity contribution in [3.63, 3.8) is 0 Å². The normalized spacial score (nSPS) is 4.50. The Morgan fingerprint density at radius 1 is 1.00 bits per heavy atom. The van der Waals surface area contributed by atoms with Crippen LogP contribution in [0.1, 0.15) is 0 Å². The van der Waals surface area contributed by atoms with Gasteiger partial charge in [-0.2, -0.15) is 0 Å². The summed E-state index contributed by atoms with van der Waals surface area (Å²) in [6, 6.07) is 0. The molecular weight excluding hydrogens is 191 g/mol. The fourth-order valence-electron chi connectivity index (χ4n) is 0. The molecule has 0 bridgehead atoms. The molecular formula is H5Cl3NNaO3. The molecule has 4 N–H and O–H groups in total. The van der Waals surface area contributed by atoms with Gasteiger partial charge in [-0.3, -0.25) is 0 Å². The van der Waals surface area contributed by atoms with Gasteiger partial charge in [-0.1, -0.05) is 0 Å².